The minimum absolute atomic E-state index is 0.0823. The second-order valence-electron chi connectivity index (χ2n) is 8.52. The van der Waals surface area contributed by atoms with Crippen molar-refractivity contribution < 1.29 is 28.2 Å². The summed E-state index contributed by atoms with van der Waals surface area (Å²) < 4.78 is 33.4. The molecule has 1 atom stereocenters. The lowest BCUT2D eigenvalue weighted by molar-refractivity contribution is -0.132. The molecule has 182 valence electrons. The lowest BCUT2D eigenvalue weighted by atomic mass is 9.94. The van der Waals surface area contributed by atoms with Crippen LogP contribution in [0.4, 0.5) is 13.9 Å². The number of aliphatic hydroxyl groups is 1. The predicted octanol–water partition coefficient (Wildman–Crippen LogP) is 5.83. The number of hydrogen-bond acceptors (Lipinski definition) is 6. The average molecular weight is 507 g/mol. The number of carbonyl (C=O) groups excluding carboxylic acids is 2. The Morgan fingerprint density at radius 1 is 1.03 bits per heavy atom. The van der Waals surface area contributed by atoms with Gasteiger partial charge in [0.25, 0.3) is 5.78 Å². The van der Waals surface area contributed by atoms with Crippen LogP contribution >= 0.6 is 11.3 Å². The van der Waals surface area contributed by atoms with Crippen molar-refractivity contribution in [2.45, 2.75) is 19.9 Å². The number of amides is 1. The number of methoxy groups -OCH3 is 1. The second kappa shape index (κ2) is 8.83. The number of aryl methyl sites for hydroxylation is 2. The van der Waals surface area contributed by atoms with Crippen molar-refractivity contribution in [2.24, 2.45) is 0 Å². The number of fused-ring (bicyclic) bond motifs is 1. The van der Waals surface area contributed by atoms with Gasteiger partial charge in [-0.15, -0.1) is 0 Å². The van der Waals surface area contributed by atoms with E-state index in [0.29, 0.717) is 16.0 Å². The predicted molar refractivity (Wildman–Crippen MR) is 133 cm³/mol. The molecule has 1 aliphatic rings. The molecule has 1 aliphatic heterocycles. The molecule has 9 heteroatoms. The van der Waals surface area contributed by atoms with Crippen LogP contribution in [0.2, 0.25) is 0 Å². The Bertz CT molecular complexity index is 1560. The standard InChI is InChI=1S/C27H20F2N2O4S/c1-13-5-4-6-15(9-13)23-22(24(32)16-10-14(2)7-8-20(16)35-3)25(33)26(34)31(23)27-30-19-11-17(28)18(29)12-21(19)36-27/h4-12,23,32H,1-3H3/b24-22+. The molecule has 1 fully saturated rings. The highest BCUT2D eigenvalue weighted by Gasteiger charge is 2.48. The third-order valence-electron chi connectivity index (χ3n) is 6.04. The average Bonchev–Trinajstić information content (AvgIpc) is 3.36. The molecule has 4 aromatic rings. The zero-order chi connectivity index (χ0) is 25.7. The van der Waals surface area contributed by atoms with Crippen LogP contribution in [0.3, 0.4) is 0 Å². The Morgan fingerprint density at radius 2 is 1.75 bits per heavy atom. The van der Waals surface area contributed by atoms with Crippen LogP contribution in [0.15, 0.2) is 60.2 Å². The fraction of sp³-hybridized carbons (Fsp3) is 0.148. The van der Waals surface area contributed by atoms with E-state index in [1.807, 2.05) is 19.9 Å². The lowest BCUT2D eigenvalue weighted by Crippen LogP contribution is -2.29. The quantitative estimate of drug-likeness (QED) is 0.214. The van der Waals surface area contributed by atoms with E-state index in [-0.39, 0.29) is 27.5 Å². The number of aromatic nitrogens is 1. The van der Waals surface area contributed by atoms with Crippen LogP contribution in [-0.4, -0.2) is 28.9 Å². The first kappa shape index (κ1) is 23.6. The van der Waals surface area contributed by atoms with E-state index in [1.165, 1.54) is 12.0 Å². The van der Waals surface area contributed by atoms with Gasteiger partial charge in [0.15, 0.2) is 16.8 Å². The molecule has 1 amide bonds. The molecule has 5 rings (SSSR count). The number of aliphatic hydroxyl groups excluding tert-OH is 1. The van der Waals surface area contributed by atoms with Gasteiger partial charge >= 0.3 is 5.91 Å². The third-order valence-corrected chi connectivity index (χ3v) is 7.06. The van der Waals surface area contributed by atoms with E-state index >= 15 is 0 Å². The maximum atomic E-state index is 13.8. The topological polar surface area (TPSA) is 79.7 Å². The van der Waals surface area contributed by atoms with Gasteiger partial charge in [-0.25, -0.2) is 13.8 Å². The van der Waals surface area contributed by atoms with Crippen molar-refractivity contribution in [3.63, 3.8) is 0 Å². The molecule has 36 heavy (non-hydrogen) atoms. The van der Waals surface area contributed by atoms with Crippen molar-refractivity contribution in [1.82, 2.24) is 4.98 Å². The molecule has 0 spiro atoms. The van der Waals surface area contributed by atoms with Crippen LogP contribution in [0.5, 0.6) is 5.75 Å². The molecule has 0 saturated carbocycles. The summed E-state index contributed by atoms with van der Waals surface area (Å²) in [5, 5.41) is 11.5. The number of anilines is 1. The number of benzene rings is 3. The van der Waals surface area contributed by atoms with Crippen LogP contribution < -0.4 is 9.64 Å². The smallest absolute Gasteiger partial charge is 0.301 e. The minimum atomic E-state index is -1.07. The number of hydrogen-bond donors (Lipinski definition) is 1. The SMILES string of the molecule is COc1ccc(C)cc1/C(O)=C1\C(=O)C(=O)N(c2nc3cc(F)c(F)cc3s2)C1c1cccc(C)c1. The third kappa shape index (κ3) is 3.81. The zero-order valence-electron chi connectivity index (χ0n) is 19.5. The first-order valence-corrected chi connectivity index (χ1v) is 11.8. The van der Waals surface area contributed by atoms with Crippen molar-refractivity contribution >= 4 is 44.1 Å². The Balaban J connectivity index is 1.77. The molecule has 1 N–H and O–H groups in total. The number of halogens is 2. The molecular weight excluding hydrogens is 486 g/mol. The van der Waals surface area contributed by atoms with Crippen LogP contribution in [-0.2, 0) is 9.59 Å². The molecule has 0 bridgehead atoms. The van der Waals surface area contributed by atoms with Gasteiger partial charge in [-0.3, -0.25) is 14.5 Å². The van der Waals surface area contributed by atoms with E-state index in [4.69, 9.17) is 4.74 Å². The fourth-order valence-electron chi connectivity index (χ4n) is 4.35. The molecule has 0 radical (unpaired) electrons. The number of ketones is 1. The summed E-state index contributed by atoms with van der Waals surface area (Å²) in [5.41, 5.74) is 2.54. The number of ether oxygens (including phenoxy) is 1. The Hall–Kier alpha value is -4.11. The van der Waals surface area contributed by atoms with E-state index in [1.54, 1.807) is 36.4 Å². The summed E-state index contributed by atoms with van der Waals surface area (Å²) in [6, 6.07) is 13.2. The number of nitrogens with zero attached hydrogens (tertiary/aromatic N) is 2. The summed E-state index contributed by atoms with van der Waals surface area (Å²) in [4.78, 5) is 32.3. The number of rotatable bonds is 4. The Morgan fingerprint density at radius 3 is 2.47 bits per heavy atom. The normalized spacial score (nSPS) is 17.2. The van der Waals surface area contributed by atoms with Crippen molar-refractivity contribution in [3.05, 3.63) is 94.1 Å². The minimum Gasteiger partial charge on any atom is -0.507 e. The highest BCUT2D eigenvalue weighted by molar-refractivity contribution is 7.22. The first-order valence-electron chi connectivity index (χ1n) is 11.0. The Kier molecular flexibility index (Phi) is 5.80. The number of carbonyl (C=O) groups is 2. The van der Waals surface area contributed by atoms with Gasteiger partial charge in [-0.05, 0) is 37.6 Å². The zero-order valence-corrected chi connectivity index (χ0v) is 20.3. The van der Waals surface area contributed by atoms with Crippen molar-refractivity contribution in [3.8, 4) is 5.75 Å². The summed E-state index contributed by atoms with van der Waals surface area (Å²) in [6.45, 7) is 3.69. The van der Waals surface area contributed by atoms with E-state index in [9.17, 15) is 23.5 Å². The van der Waals surface area contributed by atoms with Gasteiger partial charge in [0.05, 0.1) is 34.5 Å². The van der Waals surface area contributed by atoms with E-state index < -0.39 is 29.4 Å². The Labute approximate surface area is 209 Å². The molecule has 1 saturated heterocycles. The second-order valence-corrected chi connectivity index (χ2v) is 9.53. The van der Waals surface area contributed by atoms with Crippen molar-refractivity contribution in [1.29, 1.82) is 0 Å². The largest absolute Gasteiger partial charge is 0.507 e. The highest BCUT2D eigenvalue weighted by atomic mass is 32.1. The van der Waals surface area contributed by atoms with E-state index in [0.717, 1.165) is 34.6 Å². The number of thiazole rings is 1. The first-order chi connectivity index (χ1) is 17.2. The summed E-state index contributed by atoms with van der Waals surface area (Å²) >= 11 is 0.952. The molecular formula is C27H20F2N2O4S. The molecule has 1 unspecified atom stereocenters. The fourth-order valence-corrected chi connectivity index (χ4v) is 5.35. The van der Waals surface area contributed by atoms with Crippen molar-refractivity contribution in [2.75, 3.05) is 12.0 Å². The van der Waals surface area contributed by atoms with Gasteiger partial charge in [0.1, 0.15) is 11.5 Å². The maximum absolute atomic E-state index is 13.8. The monoisotopic (exact) mass is 506 g/mol. The van der Waals surface area contributed by atoms with Crippen LogP contribution in [0.25, 0.3) is 16.0 Å². The van der Waals surface area contributed by atoms with Crippen LogP contribution in [0, 0.1) is 25.5 Å². The van der Waals surface area contributed by atoms with Gasteiger partial charge < -0.3 is 9.84 Å². The van der Waals surface area contributed by atoms with Gasteiger partial charge in [-0.2, -0.15) is 0 Å². The lowest BCUT2D eigenvalue weighted by Gasteiger charge is -2.23. The summed E-state index contributed by atoms with van der Waals surface area (Å²) in [7, 11) is 1.44. The molecule has 2 heterocycles. The molecule has 6 nitrogen and oxygen atoms in total. The van der Waals surface area contributed by atoms with Gasteiger partial charge in [0, 0.05) is 6.07 Å². The number of Topliss-reactive ketones (excluding diaryl/α,β-unsaturated/α-hetero) is 1. The molecule has 0 aliphatic carbocycles. The van der Waals surface area contributed by atoms with E-state index in [2.05, 4.69) is 4.98 Å². The van der Waals surface area contributed by atoms with Gasteiger partial charge in [-0.1, -0.05) is 52.8 Å². The highest BCUT2D eigenvalue weighted by Crippen LogP contribution is 2.45. The summed E-state index contributed by atoms with van der Waals surface area (Å²) in [5.74, 6) is -3.97. The van der Waals surface area contributed by atoms with Crippen LogP contribution in [0.1, 0.15) is 28.3 Å². The molecule has 3 aromatic carbocycles. The maximum Gasteiger partial charge on any atom is 0.301 e. The molecule has 1 aromatic heterocycles. The van der Waals surface area contributed by atoms with Gasteiger partial charge in [0.2, 0.25) is 0 Å². The summed E-state index contributed by atoms with van der Waals surface area (Å²) in [6.07, 6.45) is 0.